The van der Waals surface area contributed by atoms with E-state index in [-0.39, 0.29) is 30.7 Å². The van der Waals surface area contributed by atoms with Gasteiger partial charge in [0.15, 0.2) is 6.17 Å². The third-order valence-electron chi connectivity index (χ3n) is 4.47. The Morgan fingerprint density at radius 3 is 2.69 bits per heavy atom. The molecule has 0 bridgehead atoms. The van der Waals surface area contributed by atoms with Crippen LogP contribution in [0.3, 0.4) is 0 Å². The van der Waals surface area contributed by atoms with E-state index in [4.69, 9.17) is 4.84 Å². The first kappa shape index (κ1) is 19.2. The summed E-state index contributed by atoms with van der Waals surface area (Å²) < 4.78 is 0.837. The zero-order chi connectivity index (χ0) is 20.2. The lowest BCUT2D eigenvalue weighted by molar-refractivity contribution is -0.201. The van der Waals surface area contributed by atoms with E-state index in [1.807, 2.05) is 54.6 Å². The fourth-order valence-electron chi connectivity index (χ4n) is 3.15. The number of halogens is 1. The number of rotatable bonds is 5. The predicted molar refractivity (Wildman–Crippen MR) is 108 cm³/mol. The van der Waals surface area contributed by atoms with Gasteiger partial charge in [-0.3, -0.25) is 19.4 Å². The van der Waals surface area contributed by atoms with Crippen LogP contribution in [0, 0.1) is 0 Å². The highest BCUT2D eigenvalue weighted by Crippen LogP contribution is 2.33. The minimum atomic E-state index is -0.710. The van der Waals surface area contributed by atoms with Crippen LogP contribution in [-0.4, -0.2) is 38.3 Å². The molecule has 0 N–H and O–H groups in total. The van der Waals surface area contributed by atoms with Gasteiger partial charge in [-0.25, -0.2) is 4.98 Å². The molecular weight excluding hydrogens is 436 g/mol. The van der Waals surface area contributed by atoms with Gasteiger partial charge < -0.3 is 4.90 Å². The average molecular weight is 453 g/mol. The maximum atomic E-state index is 13.1. The molecule has 1 unspecified atom stereocenters. The summed E-state index contributed by atoms with van der Waals surface area (Å²) >= 11 is 3.45. The van der Waals surface area contributed by atoms with Crippen LogP contribution in [0.15, 0.2) is 77.7 Å². The number of carbonyl (C=O) groups is 2. The molecule has 1 aliphatic heterocycles. The zero-order valence-electron chi connectivity index (χ0n) is 15.3. The van der Waals surface area contributed by atoms with E-state index in [0.29, 0.717) is 0 Å². The summed E-state index contributed by atoms with van der Waals surface area (Å²) in [6.07, 6.45) is 3.62. The van der Waals surface area contributed by atoms with Crippen molar-refractivity contribution in [2.24, 2.45) is 0 Å². The number of hydrogen-bond acceptors (Lipinski definition) is 5. The van der Waals surface area contributed by atoms with E-state index in [0.717, 1.165) is 15.6 Å². The van der Waals surface area contributed by atoms with Crippen molar-refractivity contribution in [3.63, 3.8) is 0 Å². The summed E-state index contributed by atoms with van der Waals surface area (Å²) in [6, 6.07) is 17.0. The molecule has 0 radical (unpaired) electrons. The van der Waals surface area contributed by atoms with Crippen molar-refractivity contribution >= 4 is 27.7 Å². The van der Waals surface area contributed by atoms with Crippen molar-refractivity contribution in [1.82, 2.24) is 19.9 Å². The number of aromatic nitrogens is 2. The van der Waals surface area contributed by atoms with E-state index >= 15 is 0 Å². The molecule has 3 aromatic rings. The number of amides is 2. The minimum absolute atomic E-state index is 0.110. The third-order valence-corrected chi connectivity index (χ3v) is 4.97. The van der Waals surface area contributed by atoms with Gasteiger partial charge in [0.25, 0.3) is 11.8 Å². The molecule has 1 atom stereocenters. The Kier molecular flexibility index (Phi) is 5.64. The van der Waals surface area contributed by atoms with E-state index in [2.05, 4.69) is 25.9 Å². The van der Waals surface area contributed by atoms with Gasteiger partial charge >= 0.3 is 0 Å². The maximum absolute atomic E-state index is 13.1. The van der Waals surface area contributed by atoms with Gasteiger partial charge in [-0.05, 0) is 23.3 Å². The molecule has 1 aliphatic rings. The van der Waals surface area contributed by atoms with Crippen LogP contribution >= 0.6 is 15.9 Å². The van der Waals surface area contributed by atoms with Gasteiger partial charge in [0.2, 0.25) is 0 Å². The molecule has 2 amide bonds. The van der Waals surface area contributed by atoms with Crippen molar-refractivity contribution in [3.05, 3.63) is 94.5 Å². The molecule has 0 aliphatic carbocycles. The van der Waals surface area contributed by atoms with E-state index < -0.39 is 6.17 Å². The van der Waals surface area contributed by atoms with E-state index in [1.54, 1.807) is 0 Å². The van der Waals surface area contributed by atoms with Crippen LogP contribution in [0.1, 0.15) is 27.8 Å². The van der Waals surface area contributed by atoms with Crippen LogP contribution in [0.2, 0.25) is 0 Å². The Labute approximate surface area is 176 Å². The highest BCUT2D eigenvalue weighted by Gasteiger charge is 2.43. The van der Waals surface area contributed by atoms with Gasteiger partial charge in [0.05, 0.1) is 6.20 Å². The zero-order valence-corrected chi connectivity index (χ0v) is 16.9. The summed E-state index contributed by atoms with van der Waals surface area (Å²) in [5.41, 5.74) is 1.84. The lowest BCUT2D eigenvalue weighted by Gasteiger charge is -2.29. The van der Waals surface area contributed by atoms with Gasteiger partial charge in [0.1, 0.15) is 18.8 Å². The van der Waals surface area contributed by atoms with Gasteiger partial charge in [-0.2, -0.15) is 5.06 Å². The highest BCUT2D eigenvalue weighted by molar-refractivity contribution is 9.10. The van der Waals surface area contributed by atoms with E-state index in [9.17, 15) is 9.59 Å². The Morgan fingerprint density at radius 2 is 1.97 bits per heavy atom. The van der Waals surface area contributed by atoms with E-state index in [1.165, 1.54) is 28.6 Å². The highest BCUT2D eigenvalue weighted by atomic mass is 79.9. The number of benzene rings is 2. The van der Waals surface area contributed by atoms with Gasteiger partial charge in [0, 0.05) is 16.9 Å². The molecule has 146 valence electrons. The monoisotopic (exact) mass is 452 g/mol. The third kappa shape index (κ3) is 4.18. The molecule has 7 nitrogen and oxygen atoms in total. The lowest BCUT2D eigenvalue weighted by Crippen LogP contribution is -2.36. The summed E-state index contributed by atoms with van der Waals surface area (Å²) in [5.74, 6) is -0.689. The topological polar surface area (TPSA) is 75.6 Å². The molecule has 0 spiro atoms. The summed E-state index contributed by atoms with van der Waals surface area (Å²) in [5, 5.41) is 1.27. The van der Waals surface area contributed by atoms with Gasteiger partial charge in [-0.1, -0.05) is 58.4 Å². The fraction of sp³-hybridized carbons (Fsp3) is 0.143. The number of nitrogens with zero attached hydrogens (tertiary/aromatic N) is 4. The molecule has 1 aromatic heterocycles. The molecule has 2 aromatic carbocycles. The smallest absolute Gasteiger partial charge is 0.276 e. The number of hydroxylamine groups is 2. The molecule has 4 rings (SSSR count). The normalized spacial score (nSPS) is 16.3. The first-order valence-electron chi connectivity index (χ1n) is 8.95. The van der Waals surface area contributed by atoms with Gasteiger partial charge in [-0.15, -0.1) is 0 Å². The largest absolute Gasteiger partial charge is 0.301 e. The van der Waals surface area contributed by atoms with Crippen molar-refractivity contribution < 1.29 is 14.4 Å². The second-order valence-electron chi connectivity index (χ2n) is 6.43. The molecule has 2 heterocycles. The quantitative estimate of drug-likeness (QED) is 0.593. The van der Waals surface area contributed by atoms with Crippen molar-refractivity contribution in [2.45, 2.75) is 12.8 Å². The second-order valence-corrected chi connectivity index (χ2v) is 7.35. The molecule has 1 saturated heterocycles. The maximum Gasteiger partial charge on any atom is 0.276 e. The Hall–Kier alpha value is -3.10. The second kappa shape index (κ2) is 8.50. The first-order chi connectivity index (χ1) is 14.1. The molecule has 29 heavy (non-hydrogen) atoms. The first-order valence-corrected chi connectivity index (χ1v) is 9.74. The van der Waals surface area contributed by atoms with Crippen LogP contribution in [0.4, 0.5) is 0 Å². The van der Waals surface area contributed by atoms with Crippen molar-refractivity contribution in [2.75, 3.05) is 6.54 Å². The number of carbonyl (C=O) groups excluding carboxylic acids is 2. The molecule has 1 fully saturated rings. The standard InChI is InChI=1S/C21H17BrN4O3/c22-17-8-4-7-16(11-17)20-25(21(28)18-12-23-9-10-24-18)13-19(27)26(20)29-14-15-5-2-1-3-6-15/h1-12,20H,13-14H2. The Balaban J connectivity index is 1.66. The fourth-order valence-corrected chi connectivity index (χ4v) is 3.56. The summed E-state index contributed by atoms with van der Waals surface area (Å²) in [4.78, 5) is 41.2. The predicted octanol–water partition coefficient (Wildman–Crippen LogP) is 3.35. The Morgan fingerprint density at radius 1 is 1.14 bits per heavy atom. The minimum Gasteiger partial charge on any atom is -0.301 e. The Bertz CT molecular complexity index is 1020. The lowest BCUT2D eigenvalue weighted by atomic mass is 10.1. The van der Waals surface area contributed by atoms with Crippen molar-refractivity contribution in [1.29, 1.82) is 0 Å². The average Bonchev–Trinajstić information content (AvgIpc) is 3.09. The molecule has 8 heteroatoms. The van der Waals surface area contributed by atoms with Crippen LogP contribution in [-0.2, 0) is 16.2 Å². The number of hydrogen-bond donors (Lipinski definition) is 0. The summed E-state index contributed by atoms with van der Waals surface area (Å²) in [7, 11) is 0. The van der Waals surface area contributed by atoms with Crippen LogP contribution in [0.5, 0.6) is 0 Å². The molecule has 0 saturated carbocycles. The molecular formula is C21H17BrN4O3. The summed E-state index contributed by atoms with van der Waals surface area (Å²) in [6.45, 7) is 0.103. The van der Waals surface area contributed by atoms with Crippen LogP contribution < -0.4 is 0 Å². The van der Waals surface area contributed by atoms with Crippen LogP contribution in [0.25, 0.3) is 0 Å². The van der Waals surface area contributed by atoms with Crippen molar-refractivity contribution in [3.8, 4) is 0 Å². The SMILES string of the molecule is O=C(c1cnccn1)N1CC(=O)N(OCc2ccccc2)C1c1cccc(Br)c1.